The van der Waals surface area contributed by atoms with Crippen LogP contribution in [0, 0.1) is 0 Å². The Balaban J connectivity index is 2.28. The minimum Gasteiger partial charge on any atom is -0.493 e. The molecule has 0 aliphatic heterocycles. The summed E-state index contributed by atoms with van der Waals surface area (Å²) in [5, 5.41) is 0.507. The third kappa shape index (κ3) is 2.73. The average Bonchev–Trinajstić information content (AvgIpc) is 2.60. The molecule has 3 rings (SSSR count). The van der Waals surface area contributed by atoms with Crippen molar-refractivity contribution in [2.24, 2.45) is 0 Å². The number of methoxy groups -OCH3 is 3. The molecule has 0 saturated carbocycles. The molecule has 1 heterocycles. The SMILES string of the molecule is COc1ccc(-c2cc(=O)c3cc(Br)ccc3o2)c(OC)c1OC. The number of fused-ring (bicyclic) bond motifs is 1. The molecule has 0 bridgehead atoms. The van der Waals surface area contributed by atoms with Crippen molar-refractivity contribution in [1.82, 2.24) is 0 Å². The molecule has 5 nitrogen and oxygen atoms in total. The fourth-order valence-corrected chi connectivity index (χ4v) is 2.92. The second kappa shape index (κ2) is 6.57. The van der Waals surface area contributed by atoms with Gasteiger partial charge in [0, 0.05) is 10.5 Å². The summed E-state index contributed by atoms with van der Waals surface area (Å²) in [6.45, 7) is 0. The Morgan fingerprint density at radius 1 is 0.917 bits per heavy atom. The maximum absolute atomic E-state index is 12.4. The normalized spacial score (nSPS) is 10.7. The highest BCUT2D eigenvalue weighted by Crippen LogP contribution is 2.44. The lowest BCUT2D eigenvalue weighted by Gasteiger charge is -2.15. The van der Waals surface area contributed by atoms with E-state index in [1.54, 1.807) is 31.4 Å². The quantitative estimate of drug-likeness (QED) is 0.666. The number of hydrogen-bond acceptors (Lipinski definition) is 5. The van der Waals surface area contributed by atoms with E-state index >= 15 is 0 Å². The molecule has 3 aromatic rings. The minimum atomic E-state index is -0.135. The zero-order valence-electron chi connectivity index (χ0n) is 13.4. The van der Waals surface area contributed by atoms with E-state index in [1.165, 1.54) is 20.3 Å². The van der Waals surface area contributed by atoms with Crippen molar-refractivity contribution in [3.63, 3.8) is 0 Å². The van der Waals surface area contributed by atoms with E-state index in [4.69, 9.17) is 18.6 Å². The smallest absolute Gasteiger partial charge is 0.204 e. The maximum atomic E-state index is 12.4. The Labute approximate surface area is 146 Å². The number of halogens is 1. The number of rotatable bonds is 4. The van der Waals surface area contributed by atoms with Gasteiger partial charge in [-0.15, -0.1) is 0 Å². The van der Waals surface area contributed by atoms with Crippen LogP contribution < -0.4 is 19.6 Å². The lowest BCUT2D eigenvalue weighted by atomic mass is 10.1. The first-order valence-electron chi connectivity index (χ1n) is 7.11. The van der Waals surface area contributed by atoms with Crippen LogP contribution in [0.1, 0.15) is 0 Å². The van der Waals surface area contributed by atoms with Crippen LogP contribution in [-0.2, 0) is 0 Å². The Morgan fingerprint density at radius 2 is 1.67 bits per heavy atom. The van der Waals surface area contributed by atoms with Gasteiger partial charge in [-0.05, 0) is 30.3 Å². The highest BCUT2D eigenvalue weighted by atomic mass is 79.9. The minimum absolute atomic E-state index is 0.135. The molecule has 1 aromatic heterocycles. The van der Waals surface area contributed by atoms with Crippen LogP contribution in [0.3, 0.4) is 0 Å². The van der Waals surface area contributed by atoms with Crippen molar-refractivity contribution < 1.29 is 18.6 Å². The first-order chi connectivity index (χ1) is 11.6. The molecule has 0 amide bonds. The lowest BCUT2D eigenvalue weighted by molar-refractivity contribution is 0.325. The molecule has 0 unspecified atom stereocenters. The zero-order valence-corrected chi connectivity index (χ0v) is 15.0. The third-order valence-corrected chi connectivity index (χ3v) is 4.15. The Morgan fingerprint density at radius 3 is 2.33 bits per heavy atom. The molecule has 124 valence electrons. The second-order valence-corrected chi connectivity index (χ2v) is 5.91. The molecular formula is C18H15BrO5. The van der Waals surface area contributed by atoms with Crippen molar-refractivity contribution in [3.05, 3.63) is 51.1 Å². The first kappa shape index (κ1) is 16.4. The molecule has 0 fully saturated rings. The molecule has 0 aliphatic carbocycles. The van der Waals surface area contributed by atoms with Crippen LogP contribution in [0.15, 0.2) is 50.1 Å². The van der Waals surface area contributed by atoms with Gasteiger partial charge in [0.1, 0.15) is 11.3 Å². The number of ether oxygens (including phenoxy) is 3. The maximum Gasteiger partial charge on any atom is 0.204 e. The fourth-order valence-electron chi connectivity index (χ4n) is 2.56. The summed E-state index contributed by atoms with van der Waals surface area (Å²) in [5.41, 5.74) is 0.971. The van der Waals surface area contributed by atoms with Gasteiger partial charge in [-0.2, -0.15) is 0 Å². The molecule has 0 spiro atoms. The van der Waals surface area contributed by atoms with Gasteiger partial charge in [0.05, 0.1) is 32.3 Å². The average molecular weight is 391 g/mol. The Hall–Kier alpha value is -2.47. The zero-order chi connectivity index (χ0) is 17.3. The van der Waals surface area contributed by atoms with Gasteiger partial charge in [0.15, 0.2) is 16.9 Å². The first-order valence-corrected chi connectivity index (χ1v) is 7.91. The molecule has 0 atom stereocenters. The molecule has 24 heavy (non-hydrogen) atoms. The van der Waals surface area contributed by atoms with Crippen LogP contribution in [0.4, 0.5) is 0 Å². The van der Waals surface area contributed by atoms with Gasteiger partial charge in [0.25, 0.3) is 0 Å². The van der Waals surface area contributed by atoms with Crippen LogP contribution in [0.2, 0.25) is 0 Å². The Bertz CT molecular complexity index is 962. The summed E-state index contributed by atoms with van der Waals surface area (Å²) >= 11 is 3.36. The molecule has 2 aromatic carbocycles. The fraction of sp³-hybridized carbons (Fsp3) is 0.167. The van der Waals surface area contributed by atoms with Gasteiger partial charge in [-0.1, -0.05) is 15.9 Å². The highest BCUT2D eigenvalue weighted by Gasteiger charge is 2.19. The molecule has 0 aliphatic rings. The number of benzene rings is 2. The van der Waals surface area contributed by atoms with E-state index in [0.717, 1.165) is 4.47 Å². The standard InChI is InChI=1S/C18H15BrO5/c1-21-15-7-5-11(17(22-2)18(15)23-3)16-9-13(20)12-8-10(19)4-6-14(12)24-16/h4-9H,1-3H3. The van der Waals surface area contributed by atoms with Crippen LogP contribution in [-0.4, -0.2) is 21.3 Å². The molecule has 0 radical (unpaired) electrons. The van der Waals surface area contributed by atoms with Gasteiger partial charge in [-0.3, -0.25) is 4.79 Å². The van der Waals surface area contributed by atoms with E-state index in [0.29, 0.717) is 39.5 Å². The summed E-state index contributed by atoms with van der Waals surface area (Å²) in [6, 6.07) is 10.2. The van der Waals surface area contributed by atoms with Crippen molar-refractivity contribution in [3.8, 4) is 28.6 Å². The predicted octanol–water partition coefficient (Wildman–Crippen LogP) is 4.25. The van der Waals surface area contributed by atoms with Crippen molar-refractivity contribution in [2.75, 3.05) is 21.3 Å². The summed E-state index contributed by atoms with van der Waals surface area (Å²) in [4.78, 5) is 12.4. The summed E-state index contributed by atoms with van der Waals surface area (Å²) in [5.74, 6) is 1.81. The van der Waals surface area contributed by atoms with Gasteiger partial charge in [-0.25, -0.2) is 0 Å². The molecular weight excluding hydrogens is 376 g/mol. The topological polar surface area (TPSA) is 57.9 Å². The van der Waals surface area contributed by atoms with Crippen molar-refractivity contribution in [2.45, 2.75) is 0 Å². The molecule has 0 N–H and O–H groups in total. The summed E-state index contributed by atoms with van der Waals surface area (Å²) in [6.07, 6.45) is 0. The van der Waals surface area contributed by atoms with Crippen molar-refractivity contribution >= 4 is 26.9 Å². The third-order valence-electron chi connectivity index (χ3n) is 3.66. The van der Waals surface area contributed by atoms with E-state index < -0.39 is 0 Å². The highest BCUT2D eigenvalue weighted by molar-refractivity contribution is 9.10. The number of hydrogen-bond donors (Lipinski definition) is 0. The largest absolute Gasteiger partial charge is 0.493 e. The van der Waals surface area contributed by atoms with Crippen LogP contribution >= 0.6 is 15.9 Å². The predicted molar refractivity (Wildman–Crippen MR) is 95.3 cm³/mol. The van der Waals surface area contributed by atoms with E-state index in [2.05, 4.69) is 15.9 Å². The summed E-state index contributed by atoms with van der Waals surface area (Å²) < 4.78 is 22.8. The van der Waals surface area contributed by atoms with Gasteiger partial charge >= 0.3 is 0 Å². The van der Waals surface area contributed by atoms with Crippen LogP contribution in [0.25, 0.3) is 22.3 Å². The van der Waals surface area contributed by atoms with Crippen molar-refractivity contribution in [1.29, 1.82) is 0 Å². The van der Waals surface area contributed by atoms with Gasteiger partial charge in [0.2, 0.25) is 5.75 Å². The van der Waals surface area contributed by atoms with E-state index in [-0.39, 0.29) is 5.43 Å². The van der Waals surface area contributed by atoms with E-state index in [1.807, 2.05) is 6.07 Å². The second-order valence-electron chi connectivity index (χ2n) is 5.00. The van der Waals surface area contributed by atoms with Gasteiger partial charge < -0.3 is 18.6 Å². The Kier molecular flexibility index (Phi) is 4.49. The van der Waals surface area contributed by atoms with Crippen LogP contribution in [0.5, 0.6) is 17.2 Å². The van der Waals surface area contributed by atoms with E-state index in [9.17, 15) is 4.79 Å². The monoisotopic (exact) mass is 390 g/mol. The molecule has 0 saturated heterocycles. The lowest BCUT2D eigenvalue weighted by Crippen LogP contribution is -2.02. The molecule has 6 heteroatoms. The summed E-state index contributed by atoms with van der Waals surface area (Å²) in [7, 11) is 4.60.